The zero-order valence-corrected chi connectivity index (χ0v) is 15.2. The second kappa shape index (κ2) is 6.08. The van der Waals surface area contributed by atoms with Gasteiger partial charge in [-0.2, -0.15) is 0 Å². The van der Waals surface area contributed by atoms with E-state index in [1.165, 1.54) is 24.2 Å². The van der Waals surface area contributed by atoms with Crippen molar-refractivity contribution in [3.05, 3.63) is 32.1 Å². The summed E-state index contributed by atoms with van der Waals surface area (Å²) in [4.78, 5) is 13.2. The van der Waals surface area contributed by atoms with Gasteiger partial charge in [-0.05, 0) is 37.8 Å². The fourth-order valence-corrected chi connectivity index (χ4v) is 5.97. The summed E-state index contributed by atoms with van der Waals surface area (Å²) in [5.74, 6) is -0.116. The number of piperidine rings is 1. The van der Waals surface area contributed by atoms with E-state index in [2.05, 4.69) is 10.6 Å². The number of hydrogen-bond donors (Lipinski definition) is 2. The minimum absolute atomic E-state index is 0.116. The molecule has 4 rings (SSSR count). The number of nitrogens with one attached hydrogen (secondary N) is 2. The molecule has 0 saturated carbocycles. The molecular formula is C16H15Cl3N2OS. The van der Waals surface area contributed by atoms with Crippen LogP contribution in [0.5, 0.6) is 0 Å². The second-order valence-corrected chi connectivity index (χ2v) is 8.56. The SMILES string of the molecule is O=C(NC1CC2CCC(C1)N2)c1sc2cc(Cl)cc(Cl)c2c1Cl. The molecule has 2 bridgehead atoms. The monoisotopic (exact) mass is 388 g/mol. The Kier molecular flexibility index (Phi) is 4.23. The minimum Gasteiger partial charge on any atom is -0.348 e. The third-order valence-electron chi connectivity index (χ3n) is 4.66. The molecular weight excluding hydrogens is 375 g/mol. The van der Waals surface area contributed by atoms with Gasteiger partial charge in [0.15, 0.2) is 0 Å². The molecule has 2 unspecified atom stereocenters. The lowest BCUT2D eigenvalue weighted by Crippen LogP contribution is -2.47. The van der Waals surface area contributed by atoms with E-state index in [0.717, 1.165) is 17.5 Å². The Hall–Kier alpha value is -0.520. The molecule has 2 aliphatic rings. The van der Waals surface area contributed by atoms with Gasteiger partial charge in [-0.15, -0.1) is 11.3 Å². The van der Waals surface area contributed by atoms with Gasteiger partial charge in [0, 0.05) is 33.2 Å². The van der Waals surface area contributed by atoms with Gasteiger partial charge in [0.25, 0.3) is 5.91 Å². The fraction of sp³-hybridized carbons (Fsp3) is 0.438. The average Bonchev–Trinajstić information content (AvgIpc) is 2.99. The maximum absolute atomic E-state index is 12.7. The van der Waals surface area contributed by atoms with Gasteiger partial charge in [0.1, 0.15) is 4.88 Å². The molecule has 1 aromatic carbocycles. The smallest absolute Gasteiger partial charge is 0.263 e. The normalized spacial score (nSPS) is 26.7. The van der Waals surface area contributed by atoms with Crippen LogP contribution in [0.1, 0.15) is 35.4 Å². The van der Waals surface area contributed by atoms with Crippen LogP contribution < -0.4 is 10.6 Å². The van der Waals surface area contributed by atoms with Crippen molar-refractivity contribution in [1.29, 1.82) is 0 Å². The number of halogens is 3. The Morgan fingerprint density at radius 1 is 1.17 bits per heavy atom. The Morgan fingerprint density at radius 3 is 2.57 bits per heavy atom. The van der Waals surface area contributed by atoms with Crippen LogP contribution in [0.15, 0.2) is 12.1 Å². The maximum atomic E-state index is 12.7. The third kappa shape index (κ3) is 2.96. The number of benzene rings is 1. The predicted molar refractivity (Wildman–Crippen MR) is 97.3 cm³/mol. The molecule has 23 heavy (non-hydrogen) atoms. The molecule has 1 amide bonds. The molecule has 2 fully saturated rings. The van der Waals surface area contributed by atoms with Crippen LogP contribution in [-0.2, 0) is 0 Å². The maximum Gasteiger partial charge on any atom is 0.263 e. The number of fused-ring (bicyclic) bond motifs is 3. The van der Waals surface area contributed by atoms with Crippen molar-refractivity contribution in [2.75, 3.05) is 0 Å². The average molecular weight is 390 g/mol. The van der Waals surface area contributed by atoms with Crippen molar-refractivity contribution in [3.63, 3.8) is 0 Å². The molecule has 2 N–H and O–H groups in total. The molecule has 1 aromatic heterocycles. The number of hydrogen-bond acceptors (Lipinski definition) is 3. The molecule has 0 radical (unpaired) electrons. The van der Waals surface area contributed by atoms with E-state index < -0.39 is 0 Å². The van der Waals surface area contributed by atoms with Crippen molar-refractivity contribution < 1.29 is 4.79 Å². The van der Waals surface area contributed by atoms with Crippen molar-refractivity contribution in [2.45, 2.75) is 43.8 Å². The van der Waals surface area contributed by atoms with Crippen molar-refractivity contribution >= 4 is 62.1 Å². The molecule has 2 saturated heterocycles. The highest BCUT2D eigenvalue weighted by atomic mass is 35.5. The summed E-state index contributed by atoms with van der Waals surface area (Å²) in [6, 6.07) is 4.72. The molecule has 3 heterocycles. The van der Waals surface area contributed by atoms with Crippen molar-refractivity contribution in [2.24, 2.45) is 0 Å². The van der Waals surface area contributed by atoms with E-state index >= 15 is 0 Å². The first-order valence-corrected chi connectivity index (χ1v) is 9.60. The minimum atomic E-state index is -0.116. The number of thiophene rings is 1. The molecule has 0 spiro atoms. The summed E-state index contributed by atoms with van der Waals surface area (Å²) in [6.07, 6.45) is 4.37. The number of rotatable bonds is 2. The van der Waals surface area contributed by atoms with Gasteiger partial charge in [-0.1, -0.05) is 34.8 Å². The standard InChI is InChI=1S/C16H15Cl3N2OS/c17-7-3-11(18)13-12(4-7)23-15(14(13)19)16(22)21-10-5-8-1-2-9(6-10)20-8/h3-4,8-10,20H,1-2,5-6H2,(H,21,22). The number of amides is 1. The summed E-state index contributed by atoms with van der Waals surface area (Å²) in [5, 5.41) is 8.86. The van der Waals surface area contributed by atoms with Gasteiger partial charge in [0.2, 0.25) is 0 Å². The molecule has 122 valence electrons. The van der Waals surface area contributed by atoms with Crippen molar-refractivity contribution in [1.82, 2.24) is 10.6 Å². The molecule has 0 aliphatic carbocycles. The third-order valence-corrected chi connectivity index (χ3v) is 6.81. The topological polar surface area (TPSA) is 41.1 Å². The van der Waals surface area contributed by atoms with Crippen LogP contribution in [0.2, 0.25) is 15.1 Å². The molecule has 3 nitrogen and oxygen atoms in total. The first-order valence-electron chi connectivity index (χ1n) is 7.65. The Morgan fingerprint density at radius 2 is 1.87 bits per heavy atom. The van der Waals surface area contributed by atoms with Gasteiger partial charge >= 0.3 is 0 Å². The highest BCUT2D eigenvalue weighted by Gasteiger charge is 2.34. The Balaban J connectivity index is 1.60. The summed E-state index contributed by atoms with van der Waals surface area (Å²) in [7, 11) is 0. The predicted octanol–water partition coefficient (Wildman–Crippen LogP) is 4.87. The molecule has 7 heteroatoms. The molecule has 2 aliphatic heterocycles. The van der Waals surface area contributed by atoms with Crippen LogP contribution >= 0.6 is 46.1 Å². The second-order valence-electron chi connectivity index (χ2n) is 6.29. The van der Waals surface area contributed by atoms with Crippen LogP contribution in [0.3, 0.4) is 0 Å². The van der Waals surface area contributed by atoms with Gasteiger partial charge in [-0.3, -0.25) is 4.79 Å². The van der Waals surface area contributed by atoms with E-state index in [-0.39, 0.29) is 11.9 Å². The summed E-state index contributed by atoms with van der Waals surface area (Å²) in [6.45, 7) is 0. The van der Waals surface area contributed by atoms with E-state index in [9.17, 15) is 4.79 Å². The first kappa shape index (κ1) is 16.0. The molecule has 2 atom stereocenters. The Bertz CT molecular complexity index is 779. The van der Waals surface area contributed by atoms with Crippen LogP contribution in [0.25, 0.3) is 10.1 Å². The quantitative estimate of drug-likeness (QED) is 0.769. The summed E-state index contributed by atoms with van der Waals surface area (Å²) >= 11 is 20.0. The van der Waals surface area contributed by atoms with Crippen LogP contribution in [0, 0.1) is 0 Å². The first-order chi connectivity index (χ1) is 11.0. The summed E-state index contributed by atoms with van der Waals surface area (Å²) in [5.41, 5.74) is 0. The number of carbonyl (C=O) groups excluding carboxylic acids is 1. The highest BCUT2D eigenvalue weighted by molar-refractivity contribution is 7.21. The Labute approximate surface area is 153 Å². The molecule has 2 aromatic rings. The number of carbonyl (C=O) groups is 1. The summed E-state index contributed by atoms with van der Waals surface area (Å²) < 4.78 is 0.836. The van der Waals surface area contributed by atoms with E-state index in [1.54, 1.807) is 12.1 Å². The van der Waals surface area contributed by atoms with Gasteiger partial charge in [-0.25, -0.2) is 0 Å². The van der Waals surface area contributed by atoms with Gasteiger partial charge in [0.05, 0.1) is 10.0 Å². The lowest BCUT2D eigenvalue weighted by molar-refractivity contribution is 0.0928. The zero-order valence-electron chi connectivity index (χ0n) is 12.2. The van der Waals surface area contributed by atoms with Crippen LogP contribution in [-0.4, -0.2) is 24.0 Å². The lowest BCUT2D eigenvalue weighted by atomic mass is 10.00. The lowest BCUT2D eigenvalue weighted by Gasteiger charge is -2.29. The van der Waals surface area contributed by atoms with E-state index in [0.29, 0.717) is 37.4 Å². The van der Waals surface area contributed by atoms with E-state index in [4.69, 9.17) is 34.8 Å². The largest absolute Gasteiger partial charge is 0.348 e. The van der Waals surface area contributed by atoms with E-state index in [1.807, 2.05) is 0 Å². The zero-order chi connectivity index (χ0) is 16.1. The van der Waals surface area contributed by atoms with Crippen LogP contribution in [0.4, 0.5) is 0 Å². The highest BCUT2D eigenvalue weighted by Crippen LogP contribution is 2.41. The van der Waals surface area contributed by atoms with Gasteiger partial charge < -0.3 is 10.6 Å². The fourth-order valence-electron chi connectivity index (χ4n) is 3.68. The van der Waals surface area contributed by atoms with Crippen molar-refractivity contribution in [3.8, 4) is 0 Å².